The number of carboxylic acid groups (broad SMARTS) is 1. The van der Waals surface area contributed by atoms with E-state index in [4.69, 9.17) is 9.84 Å². The normalized spacial score (nSPS) is 14.0. The van der Waals surface area contributed by atoms with Gasteiger partial charge in [0.25, 0.3) is 0 Å². The molecule has 6 heteroatoms. The second-order valence-electron chi connectivity index (χ2n) is 5.43. The molecule has 0 saturated heterocycles. The summed E-state index contributed by atoms with van der Waals surface area (Å²) >= 11 is 1.30. The van der Waals surface area contributed by atoms with Crippen molar-refractivity contribution >= 4 is 23.4 Å². The maximum atomic E-state index is 12.3. The van der Waals surface area contributed by atoms with Gasteiger partial charge in [-0.25, -0.2) is 9.59 Å². The summed E-state index contributed by atoms with van der Waals surface area (Å²) < 4.78 is 5.37. The summed E-state index contributed by atoms with van der Waals surface area (Å²) in [5, 5.41) is 9.09. The van der Waals surface area contributed by atoms with E-state index in [2.05, 4.69) is 0 Å². The molecule has 120 valence electrons. The first-order valence-electron chi connectivity index (χ1n) is 7.44. The lowest BCUT2D eigenvalue weighted by Crippen LogP contribution is -2.31. The van der Waals surface area contributed by atoms with Crippen LogP contribution in [-0.2, 0) is 24.3 Å². The molecule has 0 aliphatic carbocycles. The van der Waals surface area contributed by atoms with Gasteiger partial charge in [0.15, 0.2) is 0 Å². The molecule has 1 aromatic carbocycles. The van der Waals surface area contributed by atoms with Crippen LogP contribution in [0.3, 0.4) is 0 Å². The topological polar surface area (TPSA) is 66.8 Å². The highest BCUT2D eigenvalue weighted by atomic mass is 32.1. The zero-order valence-electron chi connectivity index (χ0n) is 12.5. The summed E-state index contributed by atoms with van der Waals surface area (Å²) in [5.41, 5.74) is 1.86. The second-order valence-corrected chi connectivity index (χ2v) is 6.57. The van der Waals surface area contributed by atoms with Gasteiger partial charge in [0.2, 0.25) is 0 Å². The number of aryl methyl sites for hydroxylation is 1. The Morgan fingerprint density at radius 3 is 2.78 bits per heavy atom. The van der Waals surface area contributed by atoms with Crippen LogP contribution in [0.25, 0.3) is 0 Å². The predicted molar refractivity (Wildman–Crippen MR) is 86.6 cm³/mol. The van der Waals surface area contributed by atoms with Crippen LogP contribution in [0.2, 0.25) is 0 Å². The highest BCUT2D eigenvalue weighted by Crippen LogP contribution is 2.28. The maximum absolute atomic E-state index is 12.3. The third-order valence-electron chi connectivity index (χ3n) is 3.76. The highest BCUT2D eigenvalue weighted by molar-refractivity contribution is 7.14. The first-order valence-corrected chi connectivity index (χ1v) is 8.25. The average molecular weight is 331 g/mol. The molecule has 1 aliphatic rings. The summed E-state index contributed by atoms with van der Waals surface area (Å²) in [7, 11) is 0. The SMILES string of the molecule is O=C(O)c1cc2c(s1)CCCN(C(=O)OCc1ccccc1)C2. The van der Waals surface area contributed by atoms with Crippen LogP contribution in [0.1, 0.15) is 32.1 Å². The van der Waals surface area contributed by atoms with Crippen LogP contribution in [-0.4, -0.2) is 28.6 Å². The van der Waals surface area contributed by atoms with Crippen LogP contribution in [0.4, 0.5) is 4.79 Å². The fraction of sp³-hybridized carbons (Fsp3) is 0.294. The van der Waals surface area contributed by atoms with Gasteiger partial charge < -0.3 is 14.7 Å². The van der Waals surface area contributed by atoms with Crippen LogP contribution in [0.15, 0.2) is 36.4 Å². The molecule has 23 heavy (non-hydrogen) atoms. The molecule has 2 aromatic rings. The number of hydrogen-bond donors (Lipinski definition) is 1. The minimum atomic E-state index is -0.915. The van der Waals surface area contributed by atoms with Crippen molar-refractivity contribution in [3.8, 4) is 0 Å². The summed E-state index contributed by atoms with van der Waals surface area (Å²) in [4.78, 5) is 26.4. The molecule has 1 aliphatic heterocycles. The van der Waals surface area contributed by atoms with E-state index in [0.29, 0.717) is 18.0 Å². The molecule has 5 nitrogen and oxygen atoms in total. The summed E-state index contributed by atoms with van der Waals surface area (Å²) in [6.45, 7) is 1.28. The quantitative estimate of drug-likeness (QED) is 0.934. The van der Waals surface area contributed by atoms with Crippen molar-refractivity contribution in [1.82, 2.24) is 4.90 Å². The third-order valence-corrected chi connectivity index (χ3v) is 4.99. The van der Waals surface area contributed by atoms with E-state index in [1.54, 1.807) is 11.0 Å². The van der Waals surface area contributed by atoms with Gasteiger partial charge in [-0.1, -0.05) is 30.3 Å². The minimum Gasteiger partial charge on any atom is -0.477 e. The number of hydrogen-bond acceptors (Lipinski definition) is 4. The van der Waals surface area contributed by atoms with E-state index >= 15 is 0 Å². The third kappa shape index (κ3) is 3.71. The number of rotatable bonds is 3. The standard InChI is InChI=1S/C17H17NO4S/c19-16(20)15-9-13-10-18(8-4-7-14(13)23-15)17(21)22-11-12-5-2-1-3-6-12/h1-3,5-6,9H,4,7-8,10-11H2,(H,19,20). The minimum absolute atomic E-state index is 0.243. The smallest absolute Gasteiger partial charge is 0.410 e. The van der Waals surface area contributed by atoms with Gasteiger partial charge >= 0.3 is 12.1 Å². The molecule has 0 fully saturated rings. The van der Waals surface area contributed by atoms with Crippen LogP contribution < -0.4 is 0 Å². The molecule has 2 heterocycles. The zero-order chi connectivity index (χ0) is 16.2. The van der Waals surface area contributed by atoms with Crippen molar-refractivity contribution in [3.05, 3.63) is 57.3 Å². The number of benzene rings is 1. The Morgan fingerprint density at radius 2 is 2.04 bits per heavy atom. The molecule has 1 aromatic heterocycles. The Bertz CT molecular complexity index is 711. The summed E-state index contributed by atoms with van der Waals surface area (Å²) in [5.74, 6) is -0.915. The van der Waals surface area contributed by atoms with Gasteiger partial charge in [-0.15, -0.1) is 11.3 Å². The Kier molecular flexibility index (Phi) is 4.62. The Labute approximate surface area is 138 Å². The van der Waals surface area contributed by atoms with E-state index in [9.17, 15) is 9.59 Å². The highest BCUT2D eigenvalue weighted by Gasteiger charge is 2.23. The molecular formula is C17H17NO4S. The molecule has 1 amide bonds. The van der Waals surface area contributed by atoms with E-state index in [0.717, 1.165) is 28.8 Å². The Balaban J connectivity index is 1.65. The number of aromatic carboxylic acids is 1. The second kappa shape index (κ2) is 6.83. The lowest BCUT2D eigenvalue weighted by atomic mass is 10.2. The largest absolute Gasteiger partial charge is 0.477 e. The fourth-order valence-electron chi connectivity index (χ4n) is 2.60. The van der Waals surface area contributed by atoms with Crippen LogP contribution >= 0.6 is 11.3 Å². The predicted octanol–water partition coefficient (Wildman–Crippen LogP) is 3.53. The molecular weight excluding hydrogens is 314 g/mol. The molecule has 3 rings (SSSR count). The number of nitrogens with zero attached hydrogens (tertiary/aromatic N) is 1. The monoisotopic (exact) mass is 331 g/mol. The molecule has 0 bridgehead atoms. The van der Waals surface area contributed by atoms with Crippen LogP contribution in [0.5, 0.6) is 0 Å². The molecule has 0 unspecified atom stereocenters. The van der Waals surface area contributed by atoms with E-state index in [1.807, 2.05) is 30.3 Å². The van der Waals surface area contributed by atoms with Crippen LogP contribution in [0, 0.1) is 0 Å². The molecule has 0 saturated carbocycles. The average Bonchev–Trinajstić information content (AvgIpc) is 2.86. The van der Waals surface area contributed by atoms with Crippen molar-refractivity contribution < 1.29 is 19.4 Å². The van der Waals surface area contributed by atoms with Gasteiger partial charge in [-0.2, -0.15) is 0 Å². The number of carboxylic acids is 1. The Morgan fingerprint density at radius 1 is 1.26 bits per heavy atom. The summed E-state index contributed by atoms with van der Waals surface area (Å²) in [6, 6.07) is 11.2. The number of amides is 1. The van der Waals surface area contributed by atoms with E-state index in [1.165, 1.54) is 11.3 Å². The van der Waals surface area contributed by atoms with Gasteiger partial charge in [0.05, 0.1) is 6.54 Å². The van der Waals surface area contributed by atoms with Gasteiger partial charge in [-0.05, 0) is 30.0 Å². The first-order chi connectivity index (χ1) is 11.1. The maximum Gasteiger partial charge on any atom is 0.410 e. The number of thiophene rings is 1. The Hall–Kier alpha value is -2.34. The van der Waals surface area contributed by atoms with Crippen molar-refractivity contribution in [2.75, 3.05) is 6.54 Å². The van der Waals surface area contributed by atoms with E-state index < -0.39 is 5.97 Å². The van der Waals surface area contributed by atoms with E-state index in [-0.39, 0.29) is 12.7 Å². The number of carbonyl (C=O) groups is 2. The zero-order valence-corrected chi connectivity index (χ0v) is 13.3. The molecule has 0 atom stereocenters. The van der Waals surface area contributed by atoms with Crippen molar-refractivity contribution in [2.45, 2.75) is 26.0 Å². The first kappa shape index (κ1) is 15.6. The van der Waals surface area contributed by atoms with Gasteiger partial charge in [-0.3, -0.25) is 0 Å². The molecule has 0 spiro atoms. The lowest BCUT2D eigenvalue weighted by Gasteiger charge is -2.20. The molecule has 1 N–H and O–H groups in total. The number of fused-ring (bicyclic) bond motifs is 1. The number of ether oxygens (including phenoxy) is 1. The van der Waals surface area contributed by atoms with Gasteiger partial charge in [0.1, 0.15) is 11.5 Å². The molecule has 0 radical (unpaired) electrons. The van der Waals surface area contributed by atoms with Crippen molar-refractivity contribution in [2.24, 2.45) is 0 Å². The van der Waals surface area contributed by atoms with Crippen molar-refractivity contribution in [1.29, 1.82) is 0 Å². The fourth-order valence-corrected chi connectivity index (χ4v) is 3.65. The van der Waals surface area contributed by atoms with Crippen molar-refractivity contribution in [3.63, 3.8) is 0 Å². The van der Waals surface area contributed by atoms with Gasteiger partial charge in [0, 0.05) is 11.4 Å². The summed E-state index contributed by atoms with van der Waals surface area (Å²) in [6.07, 6.45) is 1.26. The number of carbonyl (C=O) groups excluding carboxylic acids is 1. The lowest BCUT2D eigenvalue weighted by molar-refractivity contribution is 0.0702.